The summed E-state index contributed by atoms with van der Waals surface area (Å²) in [4.78, 5) is 24.5. The number of hydrogen-bond acceptors (Lipinski definition) is 4. The first-order valence-corrected chi connectivity index (χ1v) is 12.5. The van der Waals surface area contributed by atoms with E-state index in [2.05, 4.69) is 38.3 Å². The van der Waals surface area contributed by atoms with Gasteiger partial charge in [0.25, 0.3) is 0 Å². The maximum atomic E-state index is 12.2. The normalized spacial score (nSPS) is 20.1. The minimum atomic E-state index is -1.45. The molecule has 152 valence electrons. The van der Waals surface area contributed by atoms with Crippen molar-refractivity contribution < 1.29 is 35.8 Å². The first-order valence-electron chi connectivity index (χ1n) is 8.95. The Kier molecular flexibility index (Phi) is 10.9. The number of esters is 2. The summed E-state index contributed by atoms with van der Waals surface area (Å²) in [6, 6.07) is 0. The van der Waals surface area contributed by atoms with Crippen LogP contribution in [0.2, 0.25) is 19.6 Å². The standard InChI is InChI=1S/C16H26O4Si.C5H5.Co/c1-7-8-12-9-16(14(17)19-2,15(18)20-3)10-13(12)11-21(4,5)6;1-2-4-5-3-1;/h8,11H,7,9-10H2,1-6H3;1-5H;/b12-8+,13-11+;;. The number of carbonyl (C=O) groups is 2. The maximum Gasteiger partial charge on any atom is 0.323 e. The number of ether oxygens (including phenoxy) is 2. The second kappa shape index (κ2) is 11.5. The number of rotatable bonds is 4. The number of allylic oxidation sites excluding steroid dienone is 7. The molecule has 0 saturated heterocycles. The van der Waals surface area contributed by atoms with E-state index in [-0.39, 0.29) is 16.8 Å². The first kappa shape index (κ1) is 25.6. The molecule has 0 atom stereocenters. The molecule has 2 aliphatic rings. The summed E-state index contributed by atoms with van der Waals surface area (Å²) < 4.78 is 9.77. The monoisotopic (exact) mass is 434 g/mol. The van der Waals surface area contributed by atoms with Gasteiger partial charge in [0.1, 0.15) is 0 Å². The van der Waals surface area contributed by atoms with Gasteiger partial charge in [-0.05, 0) is 24.8 Å². The minimum Gasteiger partial charge on any atom is -0.468 e. The minimum absolute atomic E-state index is 0. The zero-order chi connectivity index (χ0) is 19.8. The third-order valence-corrected chi connectivity index (χ3v) is 5.38. The van der Waals surface area contributed by atoms with E-state index in [1.807, 2.05) is 30.7 Å². The molecule has 0 heterocycles. The Balaban J connectivity index is 0.000000969. The van der Waals surface area contributed by atoms with Crippen LogP contribution in [-0.4, -0.2) is 34.2 Å². The smallest absolute Gasteiger partial charge is 0.323 e. The van der Waals surface area contributed by atoms with Crippen molar-refractivity contribution in [3.8, 4) is 0 Å². The Hall–Kier alpha value is -1.38. The van der Waals surface area contributed by atoms with Crippen LogP contribution >= 0.6 is 0 Å². The predicted molar refractivity (Wildman–Crippen MR) is 108 cm³/mol. The van der Waals surface area contributed by atoms with Crippen LogP contribution in [0.3, 0.4) is 0 Å². The fourth-order valence-electron chi connectivity index (χ4n) is 3.14. The molecule has 27 heavy (non-hydrogen) atoms. The van der Waals surface area contributed by atoms with Gasteiger partial charge in [0, 0.05) is 23.2 Å². The Labute approximate surface area is 175 Å². The van der Waals surface area contributed by atoms with Gasteiger partial charge in [-0.25, -0.2) is 0 Å². The fourth-order valence-corrected chi connectivity index (χ4v) is 4.47. The van der Waals surface area contributed by atoms with Crippen LogP contribution in [0.5, 0.6) is 0 Å². The van der Waals surface area contributed by atoms with Crippen LogP contribution in [0.25, 0.3) is 0 Å². The van der Waals surface area contributed by atoms with Crippen LogP contribution < -0.4 is 0 Å². The van der Waals surface area contributed by atoms with Crippen LogP contribution in [0.4, 0.5) is 0 Å². The van der Waals surface area contributed by atoms with Crippen LogP contribution in [0, 0.1) is 11.8 Å². The molecule has 0 aromatic heterocycles. The van der Waals surface area contributed by atoms with Gasteiger partial charge in [-0.3, -0.25) is 9.59 Å². The molecule has 0 bridgehead atoms. The first-order chi connectivity index (χ1) is 12.2. The van der Waals surface area contributed by atoms with Gasteiger partial charge in [0.15, 0.2) is 5.41 Å². The zero-order valence-corrected chi connectivity index (χ0v) is 19.2. The average Bonchev–Trinajstić information content (AvgIpc) is 3.25. The SMILES string of the molecule is CC/C=C1\CC(C(=O)OC)(C(=O)OC)C\C1=C/[Si](C)(C)C.[CH]1C=CC=C1.[Co]. The van der Waals surface area contributed by atoms with Crippen molar-refractivity contribution in [1.82, 2.24) is 0 Å². The number of carbonyl (C=O) groups excluding carboxylic acids is 2. The summed E-state index contributed by atoms with van der Waals surface area (Å²) in [7, 11) is 1.18. The molecule has 0 aromatic carbocycles. The molecule has 1 fully saturated rings. The molecular formula is C21H31CoO4Si. The molecule has 2 rings (SSSR count). The van der Waals surface area contributed by atoms with E-state index in [4.69, 9.17) is 9.47 Å². The van der Waals surface area contributed by atoms with Crippen LogP contribution in [0.1, 0.15) is 26.2 Å². The van der Waals surface area contributed by atoms with E-state index >= 15 is 0 Å². The zero-order valence-electron chi connectivity index (χ0n) is 17.1. The molecule has 4 nitrogen and oxygen atoms in total. The van der Waals surface area contributed by atoms with Gasteiger partial charge in [0.05, 0.1) is 22.3 Å². The molecule has 0 aliphatic heterocycles. The van der Waals surface area contributed by atoms with Crippen LogP contribution in [0.15, 0.2) is 47.2 Å². The van der Waals surface area contributed by atoms with Gasteiger partial charge >= 0.3 is 11.9 Å². The molecule has 6 heteroatoms. The summed E-state index contributed by atoms with van der Waals surface area (Å²) in [6.45, 7) is 8.76. The Morgan fingerprint density at radius 1 is 1.00 bits per heavy atom. The third-order valence-electron chi connectivity index (χ3n) is 4.16. The molecular weight excluding hydrogens is 403 g/mol. The van der Waals surface area contributed by atoms with E-state index in [0.717, 1.165) is 17.6 Å². The number of hydrogen-bond donors (Lipinski definition) is 0. The van der Waals surface area contributed by atoms with Crippen molar-refractivity contribution in [3.63, 3.8) is 0 Å². The molecule has 0 N–H and O–H groups in total. The predicted octanol–water partition coefficient (Wildman–Crippen LogP) is 4.57. The number of methoxy groups -OCH3 is 2. The van der Waals surface area contributed by atoms with Gasteiger partial charge in [0.2, 0.25) is 0 Å². The topological polar surface area (TPSA) is 52.6 Å². The Morgan fingerprint density at radius 3 is 1.81 bits per heavy atom. The average molecular weight is 434 g/mol. The van der Waals surface area contributed by atoms with Crippen molar-refractivity contribution in [3.05, 3.63) is 53.6 Å². The molecule has 0 aromatic rings. The summed E-state index contributed by atoms with van der Waals surface area (Å²) in [6.07, 6.45) is 13.7. The maximum absolute atomic E-state index is 12.2. The quantitative estimate of drug-likeness (QED) is 0.370. The Bertz CT molecular complexity index is 613. The van der Waals surface area contributed by atoms with Gasteiger partial charge in [-0.1, -0.05) is 68.2 Å². The summed E-state index contributed by atoms with van der Waals surface area (Å²) in [5.41, 5.74) is 3.24. The summed E-state index contributed by atoms with van der Waals surface area (Å²) in [5, 5.41) is 0. The van der Waals surface area contributed by atoms with Gasteiger partial charge in [-0.15, -0.1) is 0 Å². The second-order valence-corrected chi connectivity index (χ2v) is 12.6. The molecule has 0 spiro atoms. The van der Waals surface area contributed by atoms with Crippen molar-refractivity contribution >= 4 is 20.0 Å². The van der Waals surface area contributed by atoms with Crippen molar-refractivity contribution in [1.29, 1.82) is 0 Å². The summed E-state index contributed by atoms with van der Waals surface area (Å²) >= 11 is 0. The molecule has 0 unspecified atom stereocenters. The molecule has 1 saturated carbocycles. The molecule has 0 amide bonds. The van der Waals surface area contributed by atoms with Gasteiger partial charge < -0.3 is 9.47 Å². The second-order valence-electron chi connectivity index (χ2n) is 7.55. The van der Waals surface area contributed by atoms with E-state index in [1.54, 1.807) is 0 Å². The van der Waals surface area contributed by atoms with E-state index in [9.17, 15) is 9.59 Å². The Morgan fingerprint density at radius 2 is 1.48 bits per heavy atom. The fraction of sp³-hybridized carbons (Fsp3) is 0.476. The van der Waals surface area contributed by atoms with Gasteiger partial charge in [-0.2, -0.15) is 0 Å². The van der Waals surface area contributed by atoms with Crippen molar-refractivity contribution in [2.24, 2.45) is 5.41 Å². The van der Waals surface area contributed by atoms with Crippen LogP contribution in [-0.2, 0) is 35.8 Å². The summed E-state index contributed by atoms with van der Waals surface area (Å²) in [5.74, 6) is -1.01. The van der Waals surface area contributed by atoms with E-state index in [0.29, 0.717) is 12.8 Å². The van der Waals surface area contributed by atoms with E-state index < -0.39 is 25.4 Å². The third kappa shape index (κ3) is 7.27. The molecule has 2 aliphatic carbocycles. The van der Waals surface area contributed by atoms with Crippen molar-refractivity contribution in [2.45, 2.75) is 45.8 Å². The van der Waals surface area contributed by atoms with E-state index in [1.165, 1.54) is 14.2 Å². The largest absolute Gasteiger partial charge is 0.468 e. The molecule has 2 radical (unpaired) electrons. The van der Waals surface area contributed by atoms with Crippen molar-refractivity contribution in [2.75, 3.05) is 14.2 Å².